The molecular formula is C64H36N4O2. The van der Waals surface area contributed by atoms with Crippen LogP contribution in [-0.2, 0) is 0 Å². The molecule has 5 heterocycles. The largest absolute Gasteiger partial charge is 0.456 e. The summed E-state index contributed by atoms with van der Waals surface area (Å²) in [7, 11) is 0. The van der Waals surface area contributed by atoms with Crippen LogP contribution in [0, 0.1) is 0 Å². The molecular weight excluding hydrogens is 857 g/mol. The van der Waals surface area contributed by atoms with Gasteiger partial charge in [-0.3, -0.25) is 4.57 Å². The van der Waals surface area contributed by atoms with E-state index in [1.54, 1.807) is 0 Å². The van der Waals surface area contributed by atoms with Crippen molar-refractivity contribution in [1.82, 2.24) is 19.1 Å². The summed E-state index contributed by atoms with van der Waals surface area (Å²) in [6.45, 7) is 0. The van der Waals surface area contributed by atoms with Crippen molar-refractivity contribution in [2.45, 2.75) is 0 Å². The first-order valence-electron chi connectivity index (χ1n) is 23.7. The van der Waals surface area contributed by atoms with Crippen molar-refractivity contribution in [3.63, 3.8) is 0 Å². The Hall–Kier alpha value is -9.52. The zero-order valence-electron chi connectivity index (χ0n) is 37.4. The molecule has 6 nitrogen and oxygen atoms in total. The minimum Gasteiger partial charge on any atom is -0.456 e. The number of para-hydroxylation sites is 4. The molecule has 0 atom stereocenters. The van der Waals surface area contributed by atoms with E-state index >= 15 is 0 Å². The molecule has 0 radical (unpaired) electrons. The molecule has 0 spiro atoms. The quantitative estimate of drug-likeness (QED) is 0.165. The fraction of sp³-hybridized carbons (Fsp3) is 0. The van der Waals surface area contributed by atoms with Gasteiger partial charge in [-0.1, -0.05) is 146 Å². The molecule has 324 valence electrons. The van der Waals surface area contributed by atoms with Crippen LogP contribution in [0.1, 0.15) is 0 Å². The predicted molar refractivity (Wildman–Crippen MR) is 289 cm³/mol. The Morgan fingerprint density at radius 3 is 1.74 bits per heavy atom. The van der Waals surface area contributed by atoms with Crippen molar-refractivity contribution in [3.8, 4) is 34.0 Å². The molecule has 5 aromatic heterocycles. The lowest BCUT2D eigenvalue weighted by atomic mass is 9.95. The molecule has 11 aromatic carbocycles. The summed E-state index contributed by atoms with van der Waals surface area (Å²) in [5, 5.41) is 14.0. The van der Waals surface area contributed by atoms with Gasteiger partial charge in [-0.05, 0) is 89.3 Å². The number of rotatable bonds is 4. The first kappa shape index (κ1) is 37.6. The lowest BCUT2D eigenvalue weighted by Gasteiger charge is -2.14. The average molecular weight is 893 g/mol. The van der Waals surface area contributed by atoms with Gasteiger partial charge in [-0.15, -0.1) is 0 Å². The molecule has 70 heavy (non-hydrogen) atoms. The van der Waals surface area contributed by atoms with Gasteiger partial charge in [0.2, 0.25) is 5.95 Å². The molecule has 0 amide bonds. The zero-order valence-corrected chi connectivity index (χ0v) is 37.4. The molecule has 0 aliphatic heterocycles. The maximum absolute atomic E-state index is 7.20. The highest BCUT2D eigenvalue weighted by Crippen LogP contribution is 2.50. The smallest absolute Gasteiger partial charge is 0.235 e. The second-order valence-electron chi connectivity index (χ2n) is 18.4. The van der Waals surface area contributed by atoms with Gasteiger partial charge in [-0.25, -0.2) is 9.97 Å². The number of hydrogen-bond acceptors (Lipinski definition) is 4. The van der Waals surface area contributed by atoms with Gasteiger partial charge in [-0.2, -0.15) is 0 Å². The van der Waals surface area contributed by atoms with Gasteiger partial charge >= 0.3 is 0 Å². The van der Waals surface area contributed by atoms with Crippen molar-refractivity contribution < 1.29 is 8.83 Å². The molecule has 0 unspecified atom stereocenters. The zero-order chi connectivity index (χ0) is 45.6. The Labute approximate surface area is 398 Å². The number of nitrogens with zero attached hydrogens (tertiary/aromatic N) is 4. The SMILES string of the molecule is c1ccc(-c2nc(-n3c4ccc(-c5ccc6c(c5)c5ccccc5n6-c5ccccc5)cc4c4c5oc6ccccc6c5c5c(ccc6oc7ccccc7c65)c43)nc3c2ccc2ccccc23)cc1. The van der Waals surface area contributed by atoms with Gasteiger partial charge in [0.1, 0.15) is 22.3 Å². The van der Waals surface area contributed by atoms with Gasteiger partial charge in [0.25, 0.3) is 0 Å². The van der Waals surface area contributed by atoms with Crippen LogP contribution in [0.3, 0.4) is 0 Å². The van der Waals surface area contributed by atoms with Crippen molar-refractivity contribution in [3.05, 3.63) is 218 Å². The Bertz CT molecular complexity index is 4880. The third kappa shape index (κ3) is 5.11. The van der Waals surface area contributed by atoms with Crippen LogP contribution >= 0.6 is 0 Å². The van der Waals surface area contributed by atoms with Crippen LogP contribution in [0.25, 0.3) is 154 Å². The first-order valence-corrected chi connectivity index (χ1v) is 23.7. The Balaban J connectivity index is 1.08. The van der Waals surface area contributed by atoms with Crippen molar-refractivity contribution >= 4 is 120 Å². The third-order valence-electron chi connectivity index (χ3n) is 14.7. The van der Waals surface area contributed by atoms with E-state index in [1.165, 1.54) is 16.3 Å². The average Bonchev–Trinajstić information content (AvgIpc) is 4.19. The van der Waals surface area contributed by atoms with Crippen LogP contribution < -0.4 is 0 Å². The van der Waals surface area contributed by atoms with Crippen molar-refractivity contribution in [2.24, 2.45) is 0 Å². The highest BCUT2D eigenvalue weighted by Gasteiger charge is 2.28. The molecule has 16 rings (SSSR count). The highest BCUT2D eigenvalue weighted by molar-refractivity contribution is 6.41. The summed E-state index contributed by atoms with van der Waals surface area (Å²) in [4.78, 5) is 11.3. The molecule has 0 aliphatic carbocycles. The molecule has 0 aliphatic rings. The Morgan fingerprint density at radius 1 is 0.329 bits per heavy atom. The van der Waals surface area contributed by atoms with Gasteiger partial charge in [0.05, 0.1) is 38.7 Å². The Kier molecular flexibility index (Phi) is 7.52. The number of hydrogen-bond donors (Lipinski definition) is 0. The first-order chi connectivity index (χ1) is 34.7. The second-order valence-corrected chi connectivity index (χ2v) is 18.4. The van der Waals surface area contributed by atoms with Crippen molar-refractivity contribution in [2.75, 3.05) is 0 Å². The summed E-state index contributed by atoms with van der Waals surface area (Å²) in [5.74, 6) is 0.583. The molecule has 0 fully saturated rings. The summed E-state index contributed by atoms with van der Waals surface area (Å²) in [6, 6.07) is 77.6. The fourth-order valence-corrected chi connectivity index (χ4v) is 11.7. The van der Waals surface area contributed by atoms with Gasteiger partial charge in [0, 0.05) is 70.5 Å². The van der Waals surface area contributed by atoms with Gasteiger partial charge in [0.15, 0.2) is 0 Å². The van der Waals surface area contributed by atoms with E-state index in [2.05, 4.69) is 221 Å². The summed E-state index contributed by atoms with van der Waals surface area (Å²) < 4.78 is 18.5. The van der Waals surface area contributed by atoms with E-state index in [4.69, 9.17) is 18.8 Å². The maximum atomic E-state index is 7.20. The van der Waals surface area contributed by atoms with Crippen LogP contribution in [0.15, 0.2) is 227 Å². The molecule has 0 saturated heterocycles. The lowest BCUT2D eigenvalue weighted by molar-refractivity contribution is 0.669. The summed E-state index contributed by atoms with van der Waals surface area (Å²) in [6.07, 6.45) is 0. The van der Waals surface area contributed by atoms with Gasteiger partial charge < -0.3 is 13.4 Å². The minimum atomic E-state index is 0.583. The highest BCUT2D eigenvalue weighted by atomic mass is 16.3. The number of benzene rings is 11. The summed E-state index contributed by atoms with van der Waals surface area (Å²) >= 11 is 0. The van der Waals surface area contributed by atoms with Crippen LogP contribution in [0.2, 0.25) is 0 Å². The van der Waals surface area contributed by atoms with E-state index in [0.29, 0.717) is 5.95 Å². The van der Waals surface area contributed by atoms with E-state index in [0.717, 1.165) is 132 Å². The lowest BCUT2D eigenvalue weighted by Crippen LogP contribution is -2.04. The summed E-state index contributed by atoms with van der Waals surface area (Å²) in [5.41, 5.74) is 13.8. The molecule has 16 aromatic rings. The number of aromatic nitrogens is 4. The van der Waals surface area contributed by atoms with Crippen LogP contribution in [0.5, 0.6) is 0 Å². The third-order valence-corrected chi connectivity index (χ3v) is 14.7. The molecule has 0 N–H and O–H groups in total. The monoisotopic (exact) mass is 892 g/mol. The predicted octanol–water partition coefficient (Wildman–Crippen LogP) is 17.3. The van der Waals surface area contributed by atoms with E-state index in [-0.39, 0.29) is 0 Å². The van der Waals surface area contributed by atoms with E-state index in [9.17, 15) is 0 Å². The van der Waals surface area contributed by atoms with Crippen molar-refractivity contribution in [1.29, 1.82) is 0 Å². The molecule has 0 saturated carbocycles. The van der Waals surface area contributed by atoms with E-state index in [1.807, 2.05) is 6.07 Å². The fourth-order valence-electron chi connectivity index (χ4n) is 11.7. The normalized spacial score (nSPS) is 12.3. The second kappa shape index (κ2) is 14.0. The van der Waals surface area contributed by atoms with Crippen LogP contribution in [-0.4, -0.2) is 19.1 Å². The topological polar surface area (TPSA) is 61.9 Å². The van der Waals surface area contributed by atoms with Crippen LogP contribution in [0.4, 0.5) is 0 Å². The molecule has 0 bridgehead atoms. The van der Waals surface area contributed by atoms with E-state index < -0.39 is 0 Å². The Morgan fingerprint density at radius 2 is 0.943 bits per heavy atom. The molecule has 6 heteroatoms. The minimum absolute atomic E-state index is 0.583. The maximum Gasteiger partial charge on any atom is 0.235 e. The number of furan rings is 2. The number of fused-ring (bicyclic) bond motifs is 20. The standard InChI is InChI=1S/C64H36N4O2/c1-3-16-38(17-4-1)60-47-30-27-37-15-7-8-20-42(37)61(47)66-64(65-60)68-52-33-29-40(39-28-32-51-48(35-39)43-21-9-12-24-50(43)67(51)41-18-5-2-6-19-41)36-49(52)59-62(68)46-31-34-55-56(44-22-10-13-25-53(44)69-55)57(46)58-45-23-11-14-26-54(45)70-63(58)59/h1-36H.